The lowest BCUT2D eigenvalue weighted by atomic mass is 10.1. The van der Waals surface area contributed by atoms with Crippen molar-refractivity contribution in [3.05, 3.63) is 65.2 Å². The van der Waals surface area contributed by atoms with Crippen molar-refractivity contribution < 1.29 is 13.5 Å². The van der Waals surface area contributed by atoms with Gasteiger partial charge < -0.3 is 16.2 Å². The zero-order chi connectivity index (χ0) is 14.5. The van der Waals surface area contributed by atoms with Crippen molar-refractivity contribution in [3.63, 3.8) is 0 Å². The maximum atomic E-state index is 13.8. The van der Waals surface area contributed by atoms with E-state index in [0.717, 1.165) is 17.7 Å². The number of rotatable bonds is 5. The van der Waals surface area contributed by atoms with E-state index in [-0.39, 0.29) is 24.5 Å². The van der Waals surface area contributed by atoms with E-state index in [1.807, 2.05) is 30.3 Å². The average Bonchev–Trinajstić information content (AvgIpc) is 2.46. The summed E-state index contributed by atoms with van der Waals surface area (Å²) in [6.45, 7) is 0.248. The summed E-state index contributed by atoms with van der Waals surface area (Å²) in [5.41, 5.74) is 12.3. The quantitative estimate of drug-likeness (QED) is 0.883. The molecule has 0 saturated heterocycles. The van der Waals surface area contributed by atoms with Gasteiger partial charge in [0.15, 0.2) is 11.6 Å². The molecule has 5 heteroatoms. The molecule has 2 aromatic rings. The fourth-order valence-corrected chi connectivity index (χ4v) is 1.86. The molecule has 0 bridgehead atoms. The van der Waals surface area contributed by atoms with E-state index in [1.165, 1.54) is 0 Å². The van der Waals surface area contributed by atoms with Gasteiger partial charge in [-0.1, -0.05) is 30.3 Å². The van der Waals surface area contributed by atoms with Gasteiger partial charge >= 0.3 is 0 Å². The van der Waals surface area contributed by atoms with Gasteiger partial charge in [-0.3, -0.25) is 0 Å². The minimum Gasteiger partial charge on any atom is -0.485 e. The van der Waals surface area contributed by atoms with Crippen LogP contribution in [0.1, 0.15) is 17.2 Å². The molecule has 1 unspecified atom stereocenters. The first kappa shape index (κ1) is 14.4. The first-order valence-corrected chi connectivity index (χ1v) is 6.23. The van der Waals surface area contributed by atoms with Gasteiger partial charge in [0, 0.05) is 24.2 Å². The molecule has 0 heterocycles. The molecular weight excluding hydrogens is 262 g/mol. The van der Waals surface area contributed by atoms with Crippen LogP contribution in [0.2, 0.25) is 0 Å². The largest absolute Gasteiger partial charge is 0.485 e. The van der Waals surface area contributed by atoms with Crippen LogP contribution in [0.5, 0.6) is 5.75 Å². The number of halogens is 2. The number of benzene rings is 2. The Hall–Kier alpha value is -1.98. The molecule has 0 aliphatic rings. The molecule has 0 amide bonds. The van der Waals surface area contributed by atoms with Gasteiger partial charge in [0.2, 0.25) is 0 Å². The zero-order valence-electron chi connectivity index (χ0n) is 10.9. The van der Waals surface area contributed by atoms with Crippen LogP contribution >= 0.6 is 0 Å². The predicted octanol–water partition coefficient (Wildman–Crippen LogP) is 2.50. The normalized spacial score (nSPS) is 12.2. The van der Waals surface area contributed by atoms with E-state index in [1.54, 1.807) is 0 Å². The highest BCUT2D eigenvalue weighted by Crippen LogP contribution is 2.29. The summed E-state index contributed by atoms with van der Waals surface area (Å²) in [6.07, 6.45) is 0. The Morgan fingerprint density at radius 1 is 1.10 bits per heavy atom. The van der Waals surface area contributed by atoms with Gasteiger partial charge in [0.05, 0.1) is 0 Å². The van der Waals surface area contributed by atoms with Crippen molar-refractivity contribution in [1.29, 1.82) is 0 Å². The van der Waals surface area contributed by atoms with E-state index in [0.29, 0.717) is 0 Å². The highest BCUT2D eigenvalue weighted by Gasteiger charge is 2.17. The smallest absolute Gasteiger partial charge is 0.168 e. The molecular formula is C15H16F2N2O. The van der Waals surface area contributed by atoms with E-state index in [4.69, 9.17) is 16.2 Å². The fraction of sp³-hybridized carbons (Fsp3) is 0.200. The number of ether oxygens (including phenoxy) is 1. The summed E-state index contributed by atoms with van der Waals surface area (Å²) in [6, 6.07) is 10.5. The molecule has 0 saturated carbocycles. The minimum atomic E-state index is -0.778. The summed E-state index contributed by atoms with van der Waals surface area (Å²) in [7, 11) is 0. The molecule has 0 radical (unpaired) electrons. The second-order valence-electron chi connectivity index (χ2n) is 4.42. The van der Waals surface area contributed by atoms with Gasteiger partial charge in [-0.25, -0.2) is 8.78 Å². The molecule has 0 fully saturated rings. The molecule has 0 spiro atoms. The van der Waals surface area contributed by atoms with Crippen molar-refractivity contribution in [3.8, 4) is 5.75 Å². The topological polar surface area (TPSA) is 61.3 Å². The second kappa shape index (κ2) is 6.45. The Morgan fingerprint density at radius 2 is 1.80 bits per heavy atom. The van der Waals surface area contributed by atoms with Crippen LogP contribution in [-0.4, -0.2) is 6.54 Å². The number of hydrogen-bond donors (Lipinski definition) is 2. The highest BCUT2D eigenvalue weighted by molar-refractivity contribution is 5.38. The molecule has 1 atom stereocenters. The first-order chi connectivity index (χ1) is 9.61. The van der Waals surface area contributed by atoms with E-state index >= 15 is 0 Å². The molecule has 0 aliphatic carbocycles. The molecule has 3 nitrogen and oxygen atoms in total. The summed E-state index contributed by atoms with van der Waals surface area (Å²) in [5, 5.41) is 0. The third-order valence-corrected chi connectivity index (χ3v) is 2.92. The predicted molar refractivity (Wildman–Crippen MR) is 73.1 cm³/mol. The number of nitrogens with two attached hydrogens (primary N) is 2. The SMILES string of the molecule is NCC(N)c1cc(F)cc(F)c1OCc1ccccc1. The van der Waals surface area contributed by atoms with Gasteiger partial charge in [0.1, 0.15) is 12.4 Å². The second-order valence-corrected chi connectivity index (χ2v) is 4.42. The van der Waals surface area contributed by atoms with E-state index in [2.05, 4.69) is 0 Å². The van der Waals surface area contributed by atoms with Gasteiger partial charge in [-0.2, -0.15) is 0 Å². The number of hydrogen-bond acceptors (Lipinski definition) is 3. The van der Waals surface area contributed by atoms with Crippen LogP contribution in [0.3, 0.4) is 0 Å². The third kappa shape index (κ3) is 3.31. The fourth-order valence-electron chi connectivity index (χ4n) is 1.86. The monoisotopic (exact) mass is 278 g/mol. The van der Waals surface area contributed by atoms with Crippen LogP contribution in [0.15, 0.2) is 42.5 Å². The Kier molecular flexibility index (Phi) is 4.65. The molecule has 0 aromatic heterocycles. The van der Waals surface area contributed by atoms with Crippen LogP contribution in [0, 0.1) is 11.6 Å². The average molecular weight is 278 g/mol. The minimum absolute atomic E-state index is 0.0480. The zero-order valence-corrected chi connectivity index (χ0v) is 10.9. The van der Waals surface area contributed by atoms with Crippen molar-refractivity contribution in [1.82, 2.24) is 0 Å². The third-order valence-electron chi connectivity index (χ3n) is 2.92. The lowest BCUT2D eigenvalue weighted by molar-refractivity contribution is 0.284. The van der Waals surface area contributed by atoms with Crippen molar-refractivity contribution >= 4 is 0 Å². The van der Waals surface area contributed by atoms with Crippen LogP contribution in [-0.2, 0) is 6.61 Å². The summed E-state index contributed by atoms with van der Waals surface area (Å²) in [4.78, 5) is 0. The van der Waals surface area contributed by atoms with Crippen molar-refractivity contribution in [2.75, 3.05) is 6.54 Å². The van der Waals surface area contributed by atoms with Gasteiger partial charge in [0.25, 0.3) is 0 Å². The van der Waals surface area contributed by atoms with Crippen molar-refractivity contribution in [2.24, 2.45) is 11.5 Å². The van der Waals surface area contributed by atoms with E-state index in [9.17, 15) is 8.78 Å². The van der Waals surface area contributed by atoms with Crippen molar-refractivity contribution in [2.45, 2.75) is 12.6 Å². The lowest BCUT2D eigenvalue weighted by Crippen LogP contribution is -2.22. The van der Waals surface area contributed by atoms with Gasteiger partial charge in [-0.15, -0.1) is 0 Å². The summed E-state index contributed by atoms with van der Waals surface area (Å²) < 4.78 is 32.6. The summed E-state index contributed by atoms with van der Waals surface area (Å²) >= 11 is 0. The maximum Gasteiger partial charge on any atom is 0.168 e. The Morgan fingerprint density at radius 3 is 2.45 bits per heavy atom. The first-order valence-electron chi connectivity index (χ1n) is 6.23. The Balaban J connectivity index is 2.26. The maximum absolute atomic E-state index is 13.8. The van der Waals surface area contributed by atoms with Gasteiger partial charge in [-0.05, 0) is 11.6 Å². The molecule has 2 rings (SSSR count). The molecule has 106 valence electrons. The Labute approximate surface area is 116 Å². The molecule has 20 heavy (non-hydrogen) atoms. The van der Waals surface area contributed by atoms with Crippen LogP contribution < -0.4 is 16.2 Å². The highest BCUT2D eigenvalue weighted by atomic mass is 19.1. The van der Waals surface area contributed by atoms with E-state index < -0.39 is 17.7 Å². The standard InChI is InChI=1S/C15H16F2N2O/c16-11-6-12(14(19)8-18)15(13(17)7-11)20-9-10-4-2-1-3-5-10/h1-7,14H,8-9,18-19H2. The lowest BCUT2D eigenvalue weighted by Gasteiger charge is -2.16. The molecule has 4 N–H and O–H groups in total. The molecule has 0 aliphatic heterocycles. The Bertz CT molecular complexity index is 576. The van der Waals surface area contributed by atoms with Crippen LogP contribution in [0.4, 0.5) is 8.78 Å². The molecule has 2 aromatic carbocycles. The van der Waals surface area contributed by atoms with Crippen LogP contribution in [0.25, 0.3) is 0 Å². The summed E-state index contributed by atoms with van der Waals surface area (Å²) in [5.74, 6) is -1.53.